The Kier molecular flexibility index (Phi) is 10.4. The second kappa shape index (κ2) is 14.0. The highest BCUT2D eigenvalue weighted by Gasteiger charge is 2.62. The molecule has 0 radical (unpaired) electrons. The van der Waals surface area contributed by atoms with Gasteiger partial charge in [0.05, 0.1) is 19.8 Å². The van der Waals surface area contributed by atoms with E-state index in [9.17, 15) is 14.4 Å². The number of fused-ring (bicyclic) bond motifs is 2. The van der Waals surface area contributed by atoms with Crippen LogP contribution in [0.2, 0.25) is 0 Å². The van der Waals surface area contributed by atoms with E-state index in [1.54, 1.807) is 18.9 Å². The maximum absolute atomic E-state index is 14.1. The Morgan fingerprint density at radius 3 is 2.62 bits per heavy atom. The number of hydrogen-bond donors (Lipinski definition) is 1. The fourth-order valence-electron chi connectivity index (χ4n) is 5.50. The molecule has 10 nitrogen and oxygen atoms in total. The van der Waals surface area contributed by atoms with Crippen molar-refractivity contribution in [2.45, 2.75) is 76.6 Å². The van der Waals surface area contributed by atoms with Crippen LogP contribution in [-0.4, -0.2) is 85.6 Å². The normalized spacial score (nSPS) is 28.0. The fourth-order valence-corrected chi connectivity index (χ4v) is 5.50. The molecule has 40 heavy (non-hydrogen) atoms. The summed E-state index contributed by atoms with van der Waals surface area (Å²) >= 11 is 0. The number of urea groups is 1. The molecule has 4 unspecified atom stereocenters. The van der Waals surface area contributed by atoms with Gasteiger partial charge >= 0.3 is 12.0 Å². The molecule has 1 N–H and O–H groups in total. The number of carbonyl (C=O) groups excluding carboxylic acids is 3. The molecule has 3 amide bonds. The summed E-state index contributed by atoms with van der Waals surface area (Å²) in [5.74, 6) is -0.162. The van der Waals surface area contributed by atoms with E-state index in [1.165, 1.54) is 0 Å². The lowest BCUT2D eigenvalue weighted by atomic mass is 10.1. The Balaban J connectivity index is 1.60. The number of esters is 1. The smallest absolute Gasteiger partial charge is 0.332 e. The van der Waals surface area contributed by atoms with E-state index < -0.39 is 17.6 Å². The van der Waals surface area contributed by atoms with Gasteiger partial charge in [-0.1, -0.05) is 30.7 Å². The van der Waals surface area contributed by atoms with Crippen LogP contribution in [0.15, 0.2) is 36.4 Å². The molecule has 3 aliphatic rings. The molecule has 1 saturated heterocycles. The predicted octanol–water partition coefficient (Wildman–Crippen LogP) is 3.64. The molecular weight excluding hydrogens is 514 g/mol. The van der Waals surface area contributed by atoms with Crippen molar-refractivity contribution in [3.8, 4) is 5.75 Å². The molecule has 1 aliphatic carbocycles. The van der Waals surface area contributed by atoms with Crippen molar-refractivity contribution in [1.82, 2.24) is 15.1 Å². The third-order valence-corrected chi connectivity index (χ3v) is 7.87. The first-order valence-corrected chi connectivity index (χ1v) is 14.5. The zero-order valence-corrected chi connectivity index (χ0v) is 23.9. The van der Waals surface area contributed by atoms with Gasteiger partial charge in [0.2, 0.25) is 5.91 Å². The van der Waals surface area contributed by atoms with Crippen molar-refractivity contribution < 1.29 is 33.3 Å². The van der Waals surface area contributed by atoms with Crippen molar-refractivity contribution >= 4 is 17.9 Å². The molecule has 2 heterocycles. The van der Waals surface area contributed by atoms with Crippen LogP contribution in [0.5, 0.6) is 5.75 Å². The van der Waals surface area contributed by atoms with Gasteiger partial charge in [0.15, 0.2) is 0 Å². The van der Waals surface area contributed by atoms with Gasteiger partial charge in [-0.15, -0.1) is 0 Å². The Labute approximate surface area is 236 Å². The van der Waals surface area contributed by atoms with Crippen molar-refractivity contribution in [3.63, 3.8) is 0 Å². The number of methoxy groups -OCH3 is 1. The lowest BCUT2D eigenvalue weighted by Crippen LogP contribution is -2.55. The fraction of sp³-hybridized carbons (Fsp3) is 0.633. The summed E-state index contributed by atoms with van der Waals surface area (Å²) in [7, 11) is 1.62. The molecule has 0 spiro atoms. The van der Waals surface area contributed by atoms with Crippen LogP contribution in [0.3, 0.4) is 0 Å². The number of rotatable bonds is 9. The number of nitrogens with one attached hydrogen (secondary N) is 1. The van der Waals surface area contributed by atoms with E-state index in [0.29, 0.717) is 32.5 Å². The zero-order chi connectivity index (χ0) is 28.5. The highest BCUT2D eigenvalue weighted by atomic mass is 16.7. The summed E-state index contributed by atoms with van der Waals surface area (Å²) in [6.07, 6.45) is 8.24. The van der Waals surface area contributed by atoms with Gasteiger partial charge in [-0.3, -0.25) is 4.79 Å². The van der Waals surface area contributed by atoms with Crippen molar-refractivity contribution in [2.75, 3.05) is 40.2 Å². The van der Waals surface area contributed by atoms with E-state index in [1.807, 2.05) is 42.2 Å². The second-order valence-electron chi connectivity index (χ2n) is 10.6. The molecule has 1 aromatic rings. The summed E-state index contributed by atoms with van der Waals surface area (Å²) in [5, 5.41) is 3.00. The summed E-state index contributed by atoms with van der Waals surface area (Å²) in [6.45, 7) is 5.70. The Bertz CT molecular complexity index is 1050. The Morgan fingerprint density at radius 2 is 1.90 bits per heavy atom. The molecule has 2 fully saturated rings. The number of carbonyl (C=O) groups is 3. The molecule has 10 heteroatoms. The highest BCUT2D eigenvalue weighted by Crippen LogP contribution is 2.46. The number of ether oxygens (including phenoxy) is 4. The summed E-state index contributed by atoms with van der Waals surface area (Å²) in [6, 6.07) is 6.66. The highest BCUT2D eigenvalue weighted by molar-refractivity contribution is 5.95. The third-order valence-electron chi connectivity index (χ3n) is 7.87. The monoisotopic (exact) mass is 557 g/mol. The van der Waals surface area contributed by atoms with E-state index in [0.717, 1.165) is 37.0 Å². The molecule has 0 bridgehead atoms. The van der Waals surface area contributed by atoms with E-state index in [4.69, 9.17) is 18.9 Å². The van der Waals surface area contributed by atoms with E-state index in [-0.39, 0.29) is 43.9 Å². The first kappa shape index (κ1) is 29.9. The molecule has 4 rings (SSSR count). The van der Waals surface area contributed by atoms with Crippen LogP contribution in [0, 0.1) is 5.92 Å². The predicted molar refractivity (Wildman–Crippen MR) is 148 cm³/mol. The topological polar surface area (TPSA) is 107 Å². The first-order chi connectivity index (χ1) is 19.4. The van der Waals surface area contributed by atoms with Crippen LogP contribution in [0.1, 0.15) is 57.9 Å². The first-order valence-electron chi connectivity index (χ1n) is 14.5. The molecule has 2 aliphatic heterocycles. The van der Waals surface area contributed by atoms with Gasteiger partial charge in [-0.05, 0) is 57.2 Å². The Morgan fingerprint density at radius 1 is 1.10 bits per heavy atom. The number of amides is 3. The average Bonchev–Trinajstić information content (AvgIpc) is 3.48. The molecule has 220 valence electrons. The van der Waals surface area contributed by atoms with Crippen LogP contribution >= 0.6 is 0 Å². The summed E-state index contributed by atoms with van der Waals surface area (Å²) in [5.41, 5.74) is -0.118. The van der Waals surface area contributed by atoms with Crippen LogP contribution < -0.4 is 10.1 Å². The quantitative estimate of drug-likeness (QED) is 0.214. The van der Waals surface area contributed by atoms with Crippen LogP contribution in [-0.2, 0) is 30.3 Å². The minimum absolute atomic E-state index is 0.0900. The van der Waals surface area contributed by atoms with Gasteiger partial charge in [0, 0.05) is 38.6 Å². The van der Waals surface area contributed by atoms with E-state index in [2.05, 4.69) is 11.4 Å². The molecule has 0 aromatic heterocycles. The number of nitrogens with zero attached hydrogens (tertiary/aromatic N) is 2. The zero-order valence-electron chi connectivity index (χ0n) is 23.9. The summed E-state index contributed by atoms with van der Waals surface area (Å²) < 4.78 is 21.9. The molecule has 4 atom stereocenters. The maximum atomic E-state index is 14.1. The molecular formula is C30H43N3O7. The molecule has 1 aromatic carbocycles. The van der Waals surface area contributed by atoms with Gasteiger partial charge in [-0.2, -0.15) is 0 Å². The van der Waals surface area contributed by atoms with Crippen molar-refractivity contribution in [1.29, 1.82) is 0 Å². The second-order valence-corrected chi connectivity index (χ2v) is 10.6. The van der Waals surface area contributed by atoms with Gasteiger partial charge < -0.3 is 34.1 Å². The number of allylic oxidation sites excluding steroid dienone is 1. The van der Waals surface area contributed by atoms with E-state index >= 15 is 0 Å². The number of benzene rings is 1. The van der Waals surface area contributed by atoms with Crippen molar-refractivity contribution in [2.24, 2.45) is 5.92 Å². The molecule has 1 saturated carbocycles. The lowest BCUT2D eigenvalue weighted by Gasteiger charge is -2.32. The van der Waals surface area contributed by atoms with Gasteiger partial charge in [0.25, 0.3) is 0 Å². The number of hydrogen-bond acceptors (Lipinski definition) is 7. The van der Waals surface area contributed by atoms with Gasteiger partial charge in [-0.25, -0.2) is 9.59 Å². The minimum Gasteiger partial charge on any atom is -0.497 e. The van der Waals surface area contributed by atoms with Crippen LogP contribution in [0.25, 0.3) is 0 Å². The van der Waals surface area contributed by atoms with Crippen molar-refractivity contribution in [3.05, 3.63) is 42.0 Å². The summed E-state index contributed by atoms with van der Waals surface area (Å²) in [4.78, 5) is 44.3. The lowest BCUT2D eigenvalue weighted by molar-refractivity contribution is -0.149. The standard InChI is InChI=1S/C30H43N3O7/c1-4-38-21-40-25-17-26-27(34)31-30(28(35)39-5-2)18-23(30)11-9-7-6-8-10-16-32(29(36)33(26)20-25)19-22-12-14-24(37-3)15-13-22/h9,11-15,23,25-26H,4-8,10,16-21H2,1-3H3,(H,31,34)/b11-9+. The van der Waals surface area contributed by atoms with Gasteiger partial charge in [0.1, 0.15) is 24.1 Å². The largest absolute Gasteiger partial charge is 0.497 e. The Hall–Kier alpha value is -3.11. The maximum Gasteiger partial charge on any atom is 0.332 e. The van der Waals surface area contributed by atoms with Crippen LogP contribution in [0.4, 0.5) is 4.79 Å². The minimum atomic E-state index is -1.09. The SMILES string of the molecule is CCOCOC1CC2C(=O)NC3(C(=O)OCC)CC3/C=C/CCCCCN(Cc3ccc(OC)cc3)C(=O)N2C1. The third kappa shape index (κ3) is 7.14. The average molecular weight is 558 g/mol.